The van der Waals surface area contributed by atoms with E-state index in [-0.39, 0.29) is 0 Å². The molecule has 26 heavy (non-hydrogen) atoms. The lowest BCUT2D eigenvalue weighted by molar-refractivity contribution is 1.34. The number of rotatable bonds is 4. The molecule has 3 aromatic carbocycles. The van der Waals surface area contributed by atoms with Crippen molar-refractivity contribution in [3.8, 4) is 11.4 Å². The molecule has 0 bridgehead atoms. The minimum Gasteiger partial charge on any atom is -0.338 e. The number of nitrogens with zero attached hydrogens (tertiary/aromatic N) is 2. The summed E-state index contributed by atoms with van der Waals surface area (Å²) >= 11 is 0. The molecule has 0 unspecified atom stereocenters. The van der Waals surface area contributed by atoms with Crippen molar-refractivity contribution in [3.05, 3.63) is 96.6 Å². The standard InChI is InChI=1S/C23H19N3/c1-16(18-9-5-3-6-10-18)24-17(2)20-13-14-21-22(15-20)26-23(25-21)19-11-7-4-8-12-19/h3-15H,2H2,1H3,(H,25,26). The molecule has 3 nitrogen and oxygen atoms in total. The number of hydrogen-bond donors (Lipinski definition) is 1. The van der Waals surface area contributed by atoms with Gasteiger partial charge < -0.3 is 4.98 Å². The van der Waals surface area contributed by atoms with Crippen LogP contribution >= 0.6 is 0 Å². The first kappa shape index (κ1) is 16.0. The Morgan fingerprint density at radius 1 is 0.885 bits per heavy atom. The van der Waals surface area contributed by atoms with Gasteiger partial charge in [-0.25, -0.2) is 4.98 Å². The van der Waals surface area contributed by atoms with Crippen molar-refractivity contribution in [2.24, 2.45) is 4.99 Å². The van der Waals surface area contributed by atoms with Gasteiger partial charge in [0.15, 0.2) is 0 Å². The van der Waals surface area contributed by atoms with Gasteiger partial charge in [-0.15, -0.1) is 0 Å². The molecule has 0 aliphatic carbocycles. The maximum Gasteiger partial charge on any atom is 0.138 e. The van der Waals surface area contributed by atoms with E-state index in [1.54, 1.807) is 0 Å². The molecule has 0 radical (unpaired) electrons. The van der Waals surface area contributed by atoms with Gasteiger partial charge in [0.25, 0.3) is 0 Å². The zero-order chi connectivity index (χ0) is 17.9. The summed E-state index contributed by atoms with van der Waals surface area (Å²) in [6.45, 7) is 6.14. The molecular weight excluding hydrogens is 318 g/mol. The summed E-state index contributed by atoms with van der Waals surface area (Å²) in [7, 11) is 0. The highest BCUT2D eigenvalue weighted by Crippen LogP contribution is 2.24. The lowest BCUT2D eigenvalue weighted by Crippen LogP contribution is -1.94. The van der Waals surface area contributed by atoms with Gasteiger partial charge in [0.2, 0.25) is 0 Å². The van der Waals surface area contributed by atoms with Crippen LogP contribution in [0.25, 0.3) is 28.1 Å². The Labute approximate surface area is 152 Å². The summed E-state index contributed by atoms with van der Waals surface area (Å²) in [6.07, 6.45) is 0. The molecule has 4 aromatic rings. The van der Waals surface area contributed by atoms with Crippen LogP contribution in [0.5, 0.6) is 0 Å². The number of imidazole rings is 1. The van der Waals surface area contributed by atoms with Gasteiger partial charge in [0.1, 0.15) is 5.82 Å². The summed E-state index contributed by atoms with van der Waals surface area (Å²) in [6, 6.07) is 26.3. The van der Waals surface area contributed by atoms with Gasteiger partial charge in [-0.05, 0) is 24.6 Å². The number of aromatic nitrogens is 2. The molecule has 0 saturated carbocycles. The van der Waals surface area contributed by atoms with Crippen molar-refractivity contribution >= 4 is 22.4 Å². The topological polar surface area (TPSA) is 41.0 Å². The van der Waals surface area contributed by atoms with Crippen LogP contribution in [0.2, 0.25) is 0 Å². The number of H-pyrrole nitrogens is 1. The molecule has 0 fully saturated rings. The number of aromatic amines is 1. The van der Waals surface area contributed by atoms with Crippen LogP contribution in [-0.2, 0) is 0 Å². The molecule has 1 heterocycles. The fraction of sp³-hybridized carbons (Fsp3) is 0.0435. The molecule has 0 aliphatic heterocycles. The van der Waals surface area contributed by atoms with E-state index >= 15 is 0 Å². The predicted octanol–water partition coefficient (Wildman–Crippen LogP) is 5.71. The fourth-order valence-electron chi connectivity index (χ4n) is 2.93. The minimum atomic E-state index is 0.740. The third-order valence-electron chi connectivity index (χ3n) is 4.36. The minimum absolute atomic E-state index is 0.740. The highest BCUT2D eigenvalue weighted by atomic mass is 14.9. The first-order valence-electron chi connectivity index (χ1n) is 8.56. The van der Waals surface area contributed by atoms with Gasteiger partial charge in [0.05, 0.1) is 16.7 Å². The van der Waals surface area contributed by atoms with Crippen LogP contribution < -0.4 is 0 Å². The molecule has 126 valence electrons. The lowest BCUT2D eigenvalue weighted by atomic mass is 10.1. The van der Waals surface area contributed by atoms with E-state index in [4.69, 9.17) is 0 Å². The normalized spacial score (nSPS) is 11.7. The molecule has 1 aromatic heterocycles. The van der Waals surface area contributed by atoms with Gasteiger partial charge in [0, 0.05) is 16.8 Å². The first-order valence-corrected chi connectivity index (χ1v) is 8.56. The largest absolute Gasteiger partial charge is 0.338 e. The smallest absolute Gasteiger partial charge is 0.138 e. The van der Waals surface area contributed by atoms with Crippen LogP contribution in [0, 0.1) is 0 Å². The average molecular weight is 337 g/mol. The van der Waals surface area contributed by atoms with Gasteiger partial charge >= 0.3 is 0 Å². The Hall–Kier alpha value is -3.46. The van der Waals surface area contributed by atoms with Gasteiger partial charge in [-0.1, -0.05) is 73.3 Å². The molecule has 0 saturated heterocycles. The van der Waals surface area contributed by atoms with Crippen LogP contribution in [0.4, 0.5) is 0 Å². The van der Waals surface area contributed by atoms with Crippen LogP contribution in [0.15, 0.2) is 90.4 Å². The predicted molar refractivity (Wildman–Crippen MR) is 109 cm³/mol. The van der Waals surface area contributed by atoms with Crippen LogP contribution in [-0.4, -0.2) is 15.7 Å². The van der Waals surface area contributed by atoms with E-state index in [2.05, 4.69) is 39.7 Å². The van der Waals surface area contributed by atoms with E-state index in [9.17, 15) is 0 Å². The molecule has 1 N–H and O–H groups in total. The third kappa shape index (κ3) is 3.20. The lowest BCUT2D eigenvalue weighted by Gasteiger charge is -2.04. The van der Waals surface area contributed by atoms with E-state index in [1.165, 1.54) is 0 Å². The Balaban J connectivity index is 1.66. The van der Waals surface area contributed by atoms with E-state index in [0.717, 1.165) is 45.0 Å². The number of fused-ring (bicyclic) bond motifs is 1. The number of aliphatic imine (C=N–C) groups is 1. The summed E-state index contributed by atoms with van der Waals surface area (Å²) in [5, 5.41) is 0. The molecule has 0 spiro atoms. The Bertz CT molecular complexity index is 1090. The summed E-state index contributed by atoms with van der Waals surface area (Å²) in [5.41, 5.74) is 6.76. The number of benzene rings is 3. The van der Waals surface area contributed by atoms with Gasteiger partial charge in [-0.2, -0.15) is 0 Å². The Kier molecular flexibility index (Phi) is 4.20. The number of nitrogens with one attached hydrogen (secondary N) is 1. The van der Waals surface area contributed by atoms with E-state index in [0.29, 0.717) is 0 Å². The Morgan fingerprint density at radius 3 is 2.31 bits per heavy atom. The molecule has 4 rings (SSSR count). The van der Waals surface area contributed by atoms with Crippen LogP contribution in [0.3, 0.4) is 0 Å². The van der Waals surface area contributed by atoms with Crippen molar-refractivity contribution in [2.45, 2.75) is 6.92 Å². The van der Waals surface area contributed by atoms with E-state index in [1.807, 2.05) is 67.6 Å². The van der Waals surface area contributed by atoms with Gasteiger partial charge in [-0.3, -0.25) is 4.99 Å². The van der Waals surface area contributed by atoms with Crippen molar-refractivity contribution in [3.63, 3.8) is 0 Å². The second kappa shape index (κ2) is 6.81. The summed E-state index contributed by atoms with van der Waals surface area (Å²) in [4.78, 5) is 12.7. The quantitative estimate of drug-likeness (QED) is 0.476. The SMILES string of the molecule is C=C(N=C(C)c1ccccc1)c1ccc2nc(-c3ccccc3)[nH]c2c1. The second-order valence-electron chi connectivity index (χ2n) is 6.19. The van der Waals surface area contributed by atoms with Crippen molar-refractivity contribution in [1.29, 1.82) is 0 Å². The molecule has 0 aliphatic rings. The molecule has 0 atom stereocenters. The van der Waals surface area contributed by atoms with E-state index < -0.39 is 0 Å². The fourth-order valence-corrected chi connectivity index (χ4v) is 2.93. The zero-order valence-electron chi connectivity index (χ0n) is 14.6. The average Bonchev–Trinajstić information content (AvgIpc) is 3.12. The summed E-state index contributed by atoms with van der Waals surface area (Å²) in [5.74, 6) is 0.868. The van der Waals surface area contributed by atoms with Crippen molar-refractivity contribution in [2.75, 3.05) is 0 Å². The molecular formula is C23H19N3. The molecule has 0 amide bonds. The highest BCUT2D eigenvalue weighted by Gasteiger charge is 2.07. The van der Waals surface area contributed by atoms with Crippen molar-refractivity contribution < 1.29 is 0 Å². The third-order valence-corrected chi connectivity index (χ3v) is 4.36. The zero-order valence-corrected chi connectivity index (χ0v) is 14.6. The monoisotopic (exact) mass is 337 g/mol. The number of hydrogen-bond acceptors (Lipinski definition) is 2. The highest BCUT2D eigenvalue weighted by molar-refractivity contribution is 6.01. The summed E-state index contributed by atoms with van der Waals surface area (Å²) < 4.78 is 0. The Morgan fingerprint density at radius 2 is 1.58 bits per heavy atom. The first-order chi connectivity index (χ1) is 12.7. The maximum atomic E-state index is 4.68. The second-order valence-corrected chi connectivity index (χ2v) is 6.19. The molecule has 3 heteroatoms. The van der Waals surface area contributed by atoms with Crippen LogP contribution in [0.1, 0.15) is 18.1 Å². The van der Waals surface area contributed by atoms with Crippen molar-refractivity contribution in [1.82, 2.24) is 9.97 Å². The maximum absolute atomic E-state index is 4.68.